The van der Waals surface area contributed by atoms with Crippen molar-refractivity contribution in [3.8, 4) is 11.5 Å². The second-order valence-electron chi connectivity index (χ2n) is 2.79. The summed E-state index contributed by atoms with van der Waals surface area (Å²) in [7, 11) is 0. The van der Waals surface area contributed by atoms with Crippen LogP contribution in [0.25, 0.3) is 0 Å². The molecule has 5 heteroatoms. The van der Waals surface area contributed by atoms with Crippen LogP contribution in [0.5, 0.6) is 11.5 Å². The van der Waals surface area contributed by atoms with Gasteiger partial charge in [0.15, 0.2) is 12.0 Å². The largest absolute Gasteiger partial charge is 0.478 e. The van der Waals surface area contributed by atoms with Gasteiger partial charge >= 0.3 is 5.97 Å². The molecular weight excluding hydrogens is 198 g/mol. The lowest BCUT2D eigenvalue weighted by Crippen LogP contribution is -1.95. The number of carbonyl (C=O) groups is 1. The summed E-state index contributed by atoms with van der Waals surface area (Å²) >= 11 is 0. The van der Waals surface area contributed by atoms with Crippen LogP contribution in [-0.4, -0.2) is 16.2 Å². The summed E-state index contributed by atoms with van der Waals surface area (Å²) in [5.74, 6) is 0.0350. The topological polar surface area (TPSA) is 72.6 Å². The molecule has 1 N–H and O–H groups in total. The zero-order valence-corrected chi connectivity index (χ0v) is 7.58. The van der Waals surface area contributed by atoms with Gasteiger partial charge in [0.2, 0.25) is 0 Å². The molecule has 0 saturated heterocycles. The predicted molar refractivity (Wildman–Crippen MR) is 50.0 cm³/mol. The van der Waals surface area contributed by atoms with E-state index in [9.17, 15) is 4.79 Å². The SMILES string of the molecule is O=C(O)c1ccc(Oc2cnoc2)cc1. The molecule has 0 amide bonds. The maximum atomic E-state index is 10.6. The Morgan fingerprint density at radius 1 is 1.27 bits per heavy atom. The smallest absolute Gasteiger partial charge is 0.335 e. The van der Waals surface area contributed by atoms with Crippen LogP contribution in [0.4, 0.5) is 0 Å². The lowest BCUT2D eigenvalue weighted by atomic mass is 10.2. The number of ether oxygens (including phenoxy) is 1. The van der Waals surface area contributed by atoms with Crippen molar-refractivity contribution < 1.29 is 19.2 Å². The summed E-state index contributed by atoms with van der Waals surface area (Å²) in [6.07, 6.45) is 2.77. The molecule has 0 aliphatic rings. The van der Waals surface area contributed by atoms with Crippen molar-refractivity contribution in [2.75, 3.05) is 0 Å². The van der Waals surface area contributed by atoms with E-state index in [1.807, 2.05) is 0 Å². The molecule has 1 heterocycles. The van der Waals surface area contributed by atoms with E-state index in [0.29, 0.717) is 11.5 Å². The van der Waals surface area contributed by atoms with Gasteiger partial charge in [-0.25, -0.2) is 4.79 Å². The van der Waals surface area contributed by atoms with E-state index in [2.05, 4.69) is 9.68 Å². The molecule has 0 saturated carbocycles. The molecule has 0 unspecified atom stereocenters. The molecule has 0 spiro atoms. The Morgan fingerprint density at radius 2 is 2.00 bits per heavy atom. The van der Waals surface area contributed by atoms with Crippen molar-refractivity contribution in [3.63, 3.8) is 0 Å². The fraction of sp³-hybridized carbons (Fsp3) is 0. The highest BCUT2D eigenvalue weighted by Gasteiger charge is 2.03. The molecule has 0 atom stereocenters. The third-order valence-corrected chi connectivity index (χ3v) is 1.75. The molecule has 5 nitrogen and oxygen atoms in total. The van der Waals surface area contributed by atoms with E-state index < -0.39 is 5.97 Å². The lowest BCUT2D eigenvalue weighted by Gasteiger charge is -2.01. The highest BCUT2D eigenvalue weighted by Crippen LogP contribution is 2.20. The first-order valence-corrected chi connectivity index (χ1v) is 4.16. The zero-order chi connectivity index (χ0) is 10.7. The van der Waals surface area contributed by atoms with Gasteiger partial charge in [-0.15, -0.1) is 0 Å². The minimum Gasteiger partial charge on any atom is -0.478 e. The Balaban J connectivity index is 2.14. The number of benzene rings is 1. The molecule has 1 aromatic heterocycles. The molecule has 2 rings (SSSR count). The van der Waals surface area contributed by atoms with E-state index in [-0.39, 0.29) is 5.56 Å². The van der Waals surface area contributed by atoms with Crippen LogP contribution in [0.3, 0.4) is 0 Å². The Morgan fingerprint density at radius 3 is 2.53 bits per heavy atom. The Hall–Kier alpha value is -2.30. The number of nitrogens with zero attached hydrogens (tertiary/aromatic N) is 1. The van der Waals surface area contributed by atoms with Crippen LogP contribution in [0, 0.1) is 0 Å². The first-order valence-electron chi connectivity index (χ1n) is 4.16. The number of rotatable bonds is 3. The Kier molecular flexibility index (Phi) is 2.37. The van der Waals surface area contributed by atoms with Crippen LogP contribution in [-0.2, 0) is 0 Å². The summed E-state index contributed by atoms with van der Waals surface area (Å²) < 4.78 is 9.88. The number of aromatic nitrogens is 1. The Bertz CT molecular complexity index is 447. The average molecular weight is 205 g/mol. The molecule has 76 valence electrons. The van der Waals surface area contributed by atoms with E-state index in [1.165, 1.54) is 24.6 Å². The zero-order valence-electron chi connectivity index (χ0n) is 7.58. The summed E-state index contributed by atoms with van der Waals surface area (Å²) in [6.45, 7) is 0. The number of hydrogen-bond acceptors (Lipinski definition) is 4. The lowest BCUT2D eigenvalue weighted by molar-refractivity contribution is 0.0697. The van der Waals surface area contributed by atoms with Crippen LogP contribution in [0.2, 0.25) is 0 Å². The maximum Gasteiger partial charge on any atom is 0.335 e. The fourth-order valence-corrected chi connectivity index (χ4v) is 1.05. The van der Waals surface area contributed by atoms with Crippen LogP contribution in [0.15, 0.2) is 41.2 Å². The molecular formula is C10H7NO4. The molecule has 0 fully saturated rings. The van der Waals surface area contributed by atoms with Crippen molar-refractivity contribution in [2.45, 2.75) is 0 Å². The normalized spacial score (nSPS) is 9.87. The highest BCUT2D eigenvalue weighted by molar-refractivity contribution is 5.87. The first-order chi connectivity index (χ1) is 7.25. The predicted octanol–water partition coefficient (Wildman–Crippen LogP) is 2.17. The van der Waals surface area contributed by atoms with E-state index >= 15 is 0 Å². The van der Waals surface area contributed by atoms with E-state index in [1.54, 1.807) is 12.1 Å². The molecule has 0 aliphatic carbocycles. The summed E-state index contributed by atoms with van der Waals surface area (Å²) in [5.41, 5.74) is 0.215. The van der Waals surface area contributed by atoms with Crippen LogP contribution in [0.1, 0.15) is 10.4 Å². The first kappa shape index (κ1) is 9.26. The standard InChI is InChI=1S/C10H7NO4/c12-10(13)7-1-3-8(4-2-7)15-9-5-11-14-6-9/h1-6H,(H,12,13). The van der Waals surface area contributed by atoms with Gasteiger partial charge in [-0.05, 0) is 24.3 Å². The molecule has 1 aromatic carbocycles. The monoisotopic (exact) mass is 205 g/mol. The number of carboxylic acid groups (broad SMARTS) is 1. The van der Waals surface area contributed by atoms with Crippen molar-refractivity contribution in [1.29, 1.82) is 0 Å². The summed E-state index contributed by atoms with van der Waals surface area (Å²) in [6, 6.07) is 6.06. The minimum absolute atomic E-state index is 0.215. The summed E-state index contributed by atoms with van der Waals surface area (Å²) in [5, 5.41) is 12.1. The van der Waals surface area contributed by atoms with Crippen LogP contribution >= 0.6 is 0 Å². The number of aromatic carboxylic acids is 1. The minimum atomic E-state index is -0.966. The highest BCUT2D eigenvalue weighted by atomic mass is 16.5. The third-order valence-electron chi connectivity index (χ3n) is 1.75. The molecule has 0 bridgehead atoms. The van der Waals surface area contributed by atoms with Gasteiger partial charge in [0.05, 0.1) is 5.56 Å². The van der Waals surface area contributed by atoms with Gasteiger partial charge in [0, 0.05) is 0 Å². The van der Waals surface area contributed by atoms with Gasteiger partial charge < -0.3 is 14.4 Å². The summed E-state index contributed by atoms with van der Waals surface area (Å²) in [4.78, 5) is 10.6. The van der Waals surface area contributed by atoms with E-state index in [4.69, 9.17) is 9.84 Å². The van der Waals surface area contributed by atoms with Gasteiger partial charge in [0.1, 0.15) is 11.9 Å². The van der Waals surface area contributed by atoms with Crippen molar-refractivity contribution in [2.24, 2.45) is 0 Å². The van der Waals surface area contributed by atoms with Crippen LogP contribution < -0.4 is 4.74 Å². The third kappa shape index (κ3) is 2.14. The van der Waals surface area contributed by atoms with Crippen molar-refractivity contribution in [1.82, 2.24) is 5.16 Å². The molecule has 15 heavy (non-hydrogen) atoms. The molecule has 0 aliphatic heterocycles. The molecule has 2 aromatic rings. The van der Waals surface area contributed by atoms with Gasteiger partial charge in [-0.1, -0.05) is 5.16 Å². The number of hydrogen-bond donors (Lipinski definition) is 1. The van der Waals surface area contributed by atoms with Gasteiger partial charge in [0.25, 0.3) is 0 Å². The fourth-order valence-electron chi connectivity index (χ4n) is 1.05. The van der Waals surface area contributed by atoms with Gasteiger partial charge in [-0.3, -0.25) is 0 Å². The van der Waals surface area contributed by atoms with E-state index in [0.717, 1.165) is 0 Å². The second kappa shape index (κ2) is 3.83. The van der Waals surface area contributed by atoms with Gasteiger partial charge in [-0.2, -0.15) is 0 Å². The van der Waals surface area contributed by atoms with Crippen molar-refractivity contribution in [3.05, 3.63) is 42.3 Å². The average Bonchev–Trinajstić information content (AvgIpc) is 2.71. The quantitative estimate of drug-likeness (QED) is 0.831. The Labute approximate surface area is 84.9 Å². The maximum absolute atomic E-state index is 10.6. The number of carboxylic acids is 1. The molecule has 0 radical (unpaired) electrons. The van der Waals surface area contributed by atoms with Crippen molar-refractivity contribution >= 4 is 5.97 Å². The second-order valence-corrected chi connectivity index (χ2v) is 2.79.